The van der Waals surface area contributed by atoms with Gasteiger partial charge in [0, 0.05) is 43.2 Å². The molecule has 0 saturated carbocycles. The van der Waals surface area contributed by atoms with E-state index in [0.717, 1.165) is 18.6 Å². The number of benzene rings is 2. The van der Waals surface area contributed by atoms with Gasteiger partial charge in [-0.3, -0.25) is 4.79 Å². The SMILES string of the molecule is CCN(C(=O)C(C)C)[C@H]1CCN(c2nc3cc(F)c(F)cc3nc2-c2ccc(Cl)c(C#N)c2)C1. The summed E-state index contributed by atoms with van der Waals surface area (Å²) in [5.41, 5.74) is 1.72. The van der Waals surface area contributed by atoms with Crippen LogP contribution in [0.15, 0.2) is 30.3 Å². The number of fused-ring (bicyclic) bond motifs is 1. The van der Waals surface area contributed by atoms with Crippen LogP contribution in [0.3, 0.4) is 0 Å². The van der Waals surface area contributed by atoms with E-state index in [2.05, 4.69) is 16.0 Å². The zero-order valence-electron chi connectivity index (χ0n) is 19.1. The van der Waals surface area contributed by atoms with Crippen LogP contribution in [0, 0.1) is 28.9 Å². The van der Waals surface area contributed by atoms with Gasteiger partial charge in [0.25, 0.3) is 0 Å². The van der Waals surface area contributed by atoms with Gasteiger partial charge in [0.15, 0.2) is 17.5 Å². The molecule has 1 atom stereocenters. The molecule has 1 aliphatic heterocycles. The lowest BCUT2D eigenvalue weighted by Crippen LogP contribution is -2.43. The molecule has 2 aromatic carbocycles. The van der Waals surface area contributed by atoms with E-state index < -0.39 is 11.6 Å². The number of aromatic nitrogens is 2. The van der Waals surface area contributed by atoms with Gasteiger partial charge < -0.3 is 9.80 Å². The third-order valence-corrected chi connectivity index (χ3v) is 6.40. The number of halogens is 3. The van der Waals surface area contributed by atoms with Crippen LogP contribution in [0.4, 0.5) is 14.6 Å². The van der Waals surface area contributed by atoms with E-state index in [9.17, 15) is 18.8 Å². The summed E-state index contributed by atoms with van der Waals surface area (Å²) >= 11 is 6.11. The molecule has 1 saturated heterocycles. The van der Waals surface area contributed by atoms with Crippen molar-refractivity contribution in [1.29, 1.82) is 5.26 Å². The summed E-state index contributed by atoms with van der Waals surface area (Å²) < 4.78 is 27.9. The Labute approximate surface area is 201 Å². The van der Waals surface area contributed by atoms with Crippen LogP contribution in [-0.4, -0.2) is 46.5 Å². The van der Waals surface area contributed by atoms with Crippen molar-refractivity contribution in [3.8, 4) is 17.3 Å². The number of anilines is 1. The quantitative estimate of drug-likeness (QED) is 0.499. The number of hydrogen-bond donors (Lipinski definition) is 0. The van der Waals surface area contributed by atoms with E-state index in [1.165, 1.54) is 0 Å². The number of rotatable bonds is 5. The molecular weight excluding hydrogens is 460 g/mol. The smallest absolute Gasteiger partial charge is 0.225 e. The number of likely N-dealkylation sites (N-methyl/N-ethyl adjacent to an activating group) is 1. The lowest BCUT2D eigenvalue weighted by atomic mass is 10.1. The van der Waals surface area contributed by atoms with E-state index in [-0.39, 0.29) is 34.5 Å². The highest BCUT2D eigenvalue weighted by Crippen LogP contribution is 2.34. The second-order valence-electron chi connectivity index (χ2n) is 8.62. The summed E-state index contributed by atoms with van der Waals surface area (Å²) in [5.74, 6) is -1.55. The van der Waals surface area contributed by atoms with E-state index in [1.807, 2.05) is 30.6 Å². The molecule has 1 amide bonds. The maximum atomic E-state index is 14.0. The molecule has 0 spiro atoms. The Hall–Kier alpha value is -3.31. The molecule has 1 aromatic heterocycles. The Kier molecular flexibility index (Phi) is 6.67. The minimum atomic E-state index is -1.01. The summed E-state index contributed by atoms with van der Waals surface area (Å²) in [6.07, 6.45) is 0.743. The van der Waals surface area contributed by atoms with Gasteiger partial charge in [0.2, 0.25) is 5.91 Å². The van der Waals surface area contributed by atoms with Gasteiger partial charge in [-0.05, 0) is 25.5 Å². The summed E-state index contributed by atoms with van der Waals surface area (Å²) in [6.45, 7) is 7.46. The predicted octanol–water partition coefficient (Wildman–Crippen LogP) is 5.18. The first-order chi connectivity index (χ1) is 16.2. The largest absolute Gasteiger partial charge is 0.353 e. The zero-order valence-corrected chi connectivity index (χ0v) is 19.9. The van der Waals surface area contributed by atoms with E-state index in [0.29, 0.717) is 41.7 Å². The third-order valence-electron chi connectivity index (χ3n) is 6.07. The topological polar surface area (TPSA) is 73.1 Å². The van der Waals surface area contributed by atoms with Gasteiger partial charge in [-0.2, -0.15) is 5.26 Å². The van der Waals surface area contributed by atoms with Crippen LogP contribution in [0.25, 0.3) is 22.3 Å². The molecule has 0 radical (unpaired) electrons. The van der Waals surface area contributed by atoms with Crippen LogP contribution in [0.5, 0.6) is 0 Å². The second kappa shape index (κ2) is 9.51. The highest BCUT2D eigenvalue weighted by molar-refractivity contribution is 6.31. The first kappa shape index (κ1) is 23.8. The number of hydrogen-bond acceptors (Lipinski definition) is 5. The van der Waals surface area contributed by atoms with Gasteiger partial charge in [0.05, 0.1) is 27.7 Å². The lowest BCUT2D eigenvalue weighted by molar-refractivity contribution is -0.136. The summed E-state index contributed by atoms with van der Waals surface area (Å²) in [5, 5.41) is 9.73. The standard InChI is InChI=1S/C25H24ClF2N5O/c1-4-33(25(34)14(2)3)17-7-8-32(13-17)24-23(15-5-6-18(26)16(9-15)12-29)30-21-10-19(27)20(28)11-22(21)31-24/h5-6,9-11,14,17H,4,7-8,13H2,1-3H3/t17-/m0/s1. The normalized spacial score (nSPS) is 15.7. The van der Waals surface area contributed by atoms with Crippen LogP contribution in [0.2, 0.25) is 5.02 Å². The zero-order chi connectivity index (χ0) is 24.6. The van der Waals surface area contributed by atoms with Crippen molar-refractivity contribution in [3.05, 3.63) is 52.6 Å². The molecule has 0 unspecified atom stereocenters. The van der Waals surface area contributed by atoms with Gasteiger partial charge in [-0.1, -0.05) is 31.5 Å². The molecule has 1 aliphatic rings. The van der Waals surface area contributed by atoms with Crippen molar-refractivity contribution >= 4 is 34.4 Å². The number of amides is 1. The molecule has 176 valence electrons. The predicted molar refractivity (Wildman–Crippen MR) is 127 cm³/mol. The highest BCUT2D eigenvalue weighted by atomic mass is 35.5. The van der Waals surface area contributed by atoms with Crippen molar-refractivity contribution in [2.75, 3.05) is 24.5 Å². The Balaban J connectivity index is 1.81. The minimum absolute atomic E-state index is 0.00455. The van der Waals surface area contributed by atoms with Gasteiger partial charge >= 0.3 is 0 Å². The van der Waals surface area contributed by atoms with Crippen molar-refractivity contribution in [2.45, 2.75) is 33.2 Å². The fourth-order valence-electron chi connectivity index (χ4n) is 4.33. The monoisotopic (exact) mass is 483 g/mol. The summed E-state index contributed by atoms with van der Waals surface area (Å²) in [7, 11) is 0. The van der Waals surface area contributed by atoms with Crippen LogP contribution in [-0.2, 0) is 4.79 Å². The van der Waals surface area contributed by atoms with Gasteiger partial charge in [-0.25, -0.2) is 18.7 Å². The molecule has 4 rings (SSSR count). The third kappa shape index (κ3) is 4.40. The highest BCUT2D eigenvalue weighted by Gasteiger charge is 2.33. The summed E-state index contributed by atoms with van der Waals surface area (Å²) in [6, 6.07) is 9.02. The molecule has 3 aromatic rings. The maximum Gasteiger partial charge on any atom is 0.225 e. The fourth-order valence-corrected chi connectivity index (χ4v) is 4.49. The molecule has 2 heterocycles. The number of nitriles is 1. The molecule has 9 heteroatoms. The number of carbonyl (C=O) groups excluding carboxylic acids is 1. The van der Waals surface area contributed by atoms with Crippen molar-refractivity contribution in [2.24, 2.45) is 5.92 Å². The molecular formula is C25H24ClF2N5O. The van der Waals surface area contributed by atoms with E-state index in [4.69, 9.17) is 11.6 Å². The molecule has 34 heavy (non-hydrogen) atoms. The molecule has 6 nitrogen and oxygen atoms in total. The number of nitrogens with zero attached hydrogens (tertiary/aromatic N) is 5. The summed E-state index contributed by atoms with van der Waals surface area (Å²) in [4.78, 5) is 25.8. The van der Waals surface area contributed by atoms with Crippen molar-refractivity contribution < 1.29 is 13.6 Å². The Morgan fingerprint density at radius 1 is 1.24 bits per heavy atom. The van der Waals surface area contributed by atoms with Gasteiger partial charge in [0.1, 0.15) is 11.8 Å². The van der Waals surface area contributed by atoms with Crippen molar-refractivity contribution in [3.63, 3.8) is 0 Å². The number of carbonyl (C=O) groups is 1. The maximum absolute atomic E-state index is 14.0. The second-order valence-corrected chi connectivity index (χ2v) is 9.03. The first-order valence-corrected chi connectivity index (χ1v) is 11.5. The van der Waals surface area contributed by atoms with Gasteiger partial charge in [-0.15, -0.1) is 0 Å². The van der Waals surface area contributed by atoms with E-state index in [1.54, 1.807) is 18.2 Å². The average Bonchev–Trinajstić information content (AvgIpc) is 3.29. The lowest BCUT2D eigenvalue weighted by Gasteiger charge is -2.30. The van der Waals surface area contributed by atoms with Crippen molar-refractivity contribution in [1.82, 2.24) is 14.9 Å². The first-order valence-electron chi connectivity index (χ1n) is 11.2. The Morgan fingerprint density at radius 3 is 2.53 bits per heavy atom. The molecule has 0 bridgehead atoms. The molecule has 1 fully saturated rings. The van der Waals surface area contributed by atoms with Crippen LogP contribution < -0.4 is 4.90 Å². The molecule has 0 aliphatic carbocycles. The van der Waals surface area contributed by atoms with Crippen LogP contribution >= 0.6 is 11.6 Å². The van der Waals surface area contributed by atoms with Crippen LogP contribution in [0.1, 0.15) is 32.8 Å². The minimum Gasteiger partial charge on any atom is -0.353 e. The molecule has 0 N–H and O–H groups in total. The van der Waals surface area contributed by atoms with E-state index >= 15 is 0 Å². The fraction of sp³-hybridized carbons (Fsp3) is 0.360. The average molecular weight is 484 g/mol. The Bertz CT molecular complexity index is 1310. The Morgan fingerprint density at radius 2 is 1.91 bits per heavy atom.